The molecule has 0 saturated carbocycles. The molecule has 0 radical (unpaired) electrons. The molecule has 0 unspecified atom stereocenters. The number of allylic oxidation sites excluding steroid dienone is 1. The summed E-state index contributed by atoms with van der Waals surface area (Å²) in [6, 6.07) is 16.7. The summed E-state index contributed by atoms with van der Waals surface area (Å²) in [7, 11) is 0. The van der Waals surface area contributed by atoms with Crippen molar-refractivity contribution in [2.45, 2.75) is 58.5 Å². The van der Waals surface area contributed by atoms with Crippen LogP contribution in [0.1, 0.15) is 75.1 Å². The van der Waals surface area contributed by atoms with Gasteiger partial charge in [0.2, 0.25) is 0 Å². The minimum Gasteiger partial charge on any atom is -0.385 e. The smallest absolute Gasteiger partial charge is 0.163 e. The fourth-order valence-corrected chi connectivity index (χ4v) is 4.36. The molecule has 0 aliphatic carbocycles. The largest absolute Gasteiger partial charge is 0.385 e. The van der Waals surface area contributed by atoms with Crippen LogP contribution in [0.25, 0.3) is 12.2 Å². The van der Waals surface area contributed by atoms with Gasteiger partial charge in [-0.15, -0.1) is 0 Å². The Morgan fingerprint density at radius 1 is 0.970 bits per heavy atom. The summed E-state index contributed by atoms with van der Waals surface area (Å²) in [5.74, 6) is 0.461. The number of hydrogen-bond acceptors (Lipinski definition) is 3. The monoisotopic (exact) mass is 445 g/mol. The second kappa shape index (κ2) is 11.1. The van der Waals surface area contributed by atoms with Crippen molar-refractivity contribution in [3.8, 4) is 0 Å². The molecule has 3 nitrogen and oxygen atoms in total. The van der Waals surface area contributed by atoms with Gasteiger partial charge in [-0.25, -0.2) is 0 Å². The van der Waals surface area contributed by atoms with Crippen LogP contribution in [0.5, 0.6) is 0 Å². The first-order chi connectivity index (χ1) is 15.7. The summed E-state index contributed by atoms with van der Waals surface area (Å²) in [4.78, 5) is 15.5. The highest BCUT2D eigenvalue weighted by atomic mass is 16.3. The summed E-state index contributed by atoms with van der Waals surface area (Å²) in [6.07, 6.45) is 7.86. The Bertz CT molecular complexity index is 969. The third-order valence-corrected chi connectivity index (χ3v) is 6.87. The quantitative estimate of drug-likeness (QED) is 0.485. The normalized spacial score (nSPS) is 22.1. The molecule has 2 aromatic carbocycles. The Hall–Kier alpha value is -2.49. The van der Waals surface area contributed by atoms with E-state index in [0.717, 1.165) is 24.2 Å². The van der Waals surface area contributed by atoms with Crippen LogP contribution < -0.4 is 0 Å². The fraction of sp³-hybridized carbons (Fsp3) is 0.433. The second-order valence-corrected chi connectivity index (χ2v) is 9.90. The van der Waals surface area contributed by atoms with E-state index >= 15 is 0 Å². The molecule has 3 rings (SSSR count). The van der Waals surface area contributed by atoms with Gasteiger partial charge in [-0.1, -0.05) is 101 Å². The Kier molecular flexibility index (Phi) is 8.45. The number of likely N-dealkylation sites (tertiary alicyclic amines) is 1. The maximum absolute atomic E-state index is 13.2. The fourth-order valence-electron chi connectivity index (χ4n) is 4.36. The number of hydrogen-bond donors (Lipinski definition) is 1. The minimum absolute atomic E-state index is 0.0246. The van der Waals surface area contributed by atoms with Crippen LogP contribution in [0, 0.1) is 5.92 Å². The Morgan fingerprint density at radius 2 is 1.48 bits per heavy atom. The summed E-state index contributed by atoms with van der Waals surface area (Å²) in [5.41, 5.74) is 3.47. The lowest BCUT2D eigenvalue weighted by Gasteiger charge is -2.41. The maximum atomic E-state index is 13.2. The number of aliphatic hydroxyl groups is 1. The molecule has 1 aliphatic rings. The van der Waals surface area contributed by atoms with Gasteiger partial charge in [-0.2, -0.15) is 0 Å². The van der Waals surface area contributed by atoms with Crippen molar-refractivity contribution < 1.29 is 9.90 Å². The lowest BCUT2D eigenvalue weighted by atomic mass is 9.77. The lowest BCUT2D eigenvalue weighted by Crippen LogP contribution is -2.53. The molecule has 1 heterocycles. The van der Waals surface area contributed by atoms with Crippen molar-refractivity contribution in [1.82, 2.24) is 4.90 Å². The average Bonchev–Trinajstić information content (AvgIpc) is 2.82. The van der Waals surface area contributed by atoms with Crippen LogP contribution in [-0.4, -0.2) is 41.0 Å². The number of ketones is 1. The SMILES string of the molecule is CCN1CC[C@](O)(/C=C/c2ccc(C(C)C)cc2)[C@H](C(=O)/C=C\c2ccc(C(C)C)cc2)C1. The summed E-state index contributed by atoms with van der Waals surface area (Å²) in [5, 5.41) is 11.5. The van der Waals surface area contributed by atoms with Crippen molar-refractivity contribution in [1.29, 1.82) is 0 Å². The van der Waals surface area contributed by atoms with Gasteiger partial charge in [0.15, 0.2) is 5.78 Å². The van der Waals surface area contributed by atoms with E-state index in [9.17, 15) is 9.90 Å². The van der Waals surface area contributed by atoms with E-state index in [4.69, 9.17) is 0 Å². The molecule has 0 spiro atoms. The lowest BCUT2D eigenvalue weighted by molar-refractivity contribution is -0.129. The Morgan fingerprint density at radius 3 is 1.97 bits per heavy atom. The van der Waals surface area contributed by atoms with E-state index in [1.54, 1.807) is 6.08 Å². The summed E-state index contributed by atoms with van der Waals surface area (Å²) < 4.78 is 0. The third kappa shape index (κ3) is 6.52. The highest BCUT2D eigenvalue weighted by Crippen LogP contribution is 2.32. The highest BCUT2D eigenvalue weighted by molar-refractivity contribution is 5.96. The van der Waals surface area contributed by atoms with Gasteiger partial charge in [0, 0.05) is 13.1 Å². The van der Waals surface area contributed by atoms with Gasteiger partial charge < -0.3 is 10.0 Å². The average molecular weight is 446 g/mol. The molecule has 1 saturated heterocycles. The van der Waals surface area contributed by atoms with E-state index in [2.05, 4.69) is 75.9 Å². The number of nitrogens with zero attached hydrogens (tertiary/aromatic N) is 1. The number of piperidine rings is 1. The standard InChI is InChI=1S/C30H39NO2/c1-6-31-20-19-30(33,18-17-25-9-14-27(15-10-25)23(4)5)28(21-31)29(32)16-11-24-7-12-26(13-8-24)22(2)3/h7-18,22-23,28,33H,6,19-21H2,1-5H3/b16-11-,18-17+/t28-,30+/m0/s1. The number of carbonyl (C=O) groups excluding carboxylic acids is 1. The van der Waals surface area contributed by atoms with Crippen LogP contribution in [0.15, 0.2) is 60.7 Å². The van der Waals surface area contributed by atoms with Crippen LogP contribution in [0.3, 0.4) is 0 Å². The van der Waals surface area contributed by atoms with Crippen LogP contribution in [-0.2, 0) is 4.79 Å². The number of rotatable bonds is 8. The van der Waals surface area contributed by atoms with Gasteiger partial charge >= 0.3 is 0 Å². The molecule has 2 atom stereocenters. The van der Waals surface area contributed by atoms with Crippen LogP contribution >= 0.6 is 0 Å². The van der Waals surface area contributed by atoms with Crippen molar-refractivity contribution >= 4 is 17.9 Å². The zero-order valence-corrected chi connectivity index (χ0v) is 20.8. The maximum Gasteiger partial charge on any atom is 0.163 e. The Labute approximate surface area is 199 Å². The molecule has 33 heavy (non-hydrogen) atoms. The number of benzene rings is 2. The summed E-state index contributed by atoms with van der Waals surface area (Å²) >= 11 is 0. The van der Waals surface area contributed by atoms with Gasteiger partial charge in [0.1, 0.15) is 0 Å². The molecule has 1 N–H and O–H groups in total. The molecule has 3 heteroatoms. The number of carbonyl (C=O) groups is 1. The van der Waals surface area contributed by atoms with Crippen molar-refractivity contribution in [2.24, 2.45) is 5.92 Å². The van der Waals surface area contributed by atoms with Crippen molar-refractivity contribution in [2.75, 3.05) is 19.6 Å². The molecular weight excluding hydrogens is 406 g/mol. The molecule has 0 amide bonds. The van der Waals surface area contributed by atoms with Gasteiger partial charge in [0.25, 0.3) is 0 Å². The van der Waals surface area contributed by atoms with Crippen LogP contribution in [0.4, 0.5) is 0 Å². The van der Waals surface area contributed by atoms with E-state index in [1.807, 2.05) is 30.4 Å². The van der Waals surface area contributed by atoms with E-state index in [0.29, 0.717) is 24.8 Å². The predicted molar refractivity (Wildman–Crippen MR) is 139 cm³/mol. The minimum atomic E-state index is -1.15. The molecule has 1 fully saturated rings. The molecule has 0 aromatic heterocycles. The predicted octanol–water partition coefficient (Wildman–Crippen LogP) is 6.30. The van der Waals surface area contributed by atoms with Gasteiger partial charge in [-0.05, 0) is 53.1 Å². The molecular formula is C30H39NO2. The van der Waals surface area contributed by atoms with Crippen LogP contribution in [0.2, 0.25) is 0 Å². The van der Waals surface area contributed by atoms with E-state index < -0.39 is 11.5 Å². The van der Waals surface area contributed by atoms with Crippen molar-refractivity contribution in [3.63, 3.8) is 0 Å². The van der Waals surface area contributed by atoms with E-state index in [1.165, 1.54) is 11.1 Å². The summed E-state index contributed by atoms with van der Waals surface area (Å²) in [6.45, 7) is 13.0. The zero-order chi connectivity index (χ0) is 24.0. The highest BCUT2D eigenvalue weighted by Gasteiger charge is 2.42. The zero-order valence-electron chi connectivity index (χ0n) is 20.8. The third-order valence-electron chi connectivity index (χ3n) is 6.87. The molecule has 2 aromatic rings. The van der Waals surface area contributed by atoms with E-state index in [-0.39, 0.29) is 5.78 Å². The topological polar surface area (TPSA) is 40.5 Å². The molecule has 0 bridgehead atoms. The first-order valence-electron chi connectivity index (χ1n) is 12.3. The molecule has 1 aliphatic heterocycles. The van der Waals surface area contributed by atoms with Crippen molar-refractivity contribution in [3.05, 3.63) is 82.9 Å². The molecule has 176 valence electrons. The Balaban J connectivity index is 1.78. The van der Waals surface area contributed by atoms with Gasteiger partial charge in [-0.3, -0.25) is 4.79 Å². The first-order valence-corrected chi connectivity index (χ1v) is 12.3. The second-order valence-electron chi connectivity index (χ2n) is 9.90. The first kappa shape index (κ1) is 25.1. The van der Waals surface area contributed by atoms with Gasteiger partial charge in [0.05, 0.1) is 11.5 Å².